The first-order valence-electron chi connectivity index (χ1n) is 6.49. The highest BCUT2D eigenvalue weighted by Gasteiger charge is 2.40. The summed E-state index contributed by atoms with van der Waals surface area (Å²) in [6.07, 6.45) is -4.84. The standard InChI is InChI=1S/C15H8F3NO4S/c16-15(17,18)23-9-5-3-8(4-6-9)19-13(21)11(12(20)14(19)22)10-2-1-7-24-10/h1-7,20H. The molecule has 0 fully saturated rings. The van der Waals surface area contributed by atoms with Crippen molar-refractivity contribution in [2.45, 2.75) is 6.36 Å². The number of alkyl halides is 3. The van der Waals surface area contributed by atoms with Crippen LogP contribution in [0.1, 0.15) is 4.88 Å². The first-order chi connectivity index (χ1) is 11.3. The third kappa shape index (κ3) is 2.85. The molecule has 0 saturated heterocycles. The van der Waals surface area contributed by atoms with Crippen LogP contribution in [-0.2, 0) is 9.59 Å². The van der Waals surface area contributed by atoms with Gasteiger partial charge in [-0.2, -0.15) is 0 Å². The summed E-state index contributed by atoms with van der Waals surface area (Å²) in [7, 11) is 0. The number of carbonyl (C=O) groups is 2. The number of rotatable bonds is 3. The number of amides is 2. The van der Waals surface area contributed by atoms with Gasteiger partial charge in [0, 0.05) is 4.88 Å². The number of ether oxygens (including phenoxy) is 1. The van der Waals surface area contributed by atoms with Crippen molar-refractivity contribution in [1.82, 2.24) is 0 Å². The minimum absolute atomic E-state index is 0.0256. The van der Waals surface area contributed by atoms with Crippen LogP contribution in [0.4, 0.5) is 18.9 Å². The number of hydrogen-bond donors (Lipinski definition) is 1. The molecule has 24 heavy (non-hydrogen) atoms. The zero-order valence-corrected chi connectivity index (χ0v) is 12.5. The summed E-state index contributed by atoms with van der Waals surface area (Å²) in [5, 5.41) is 11.6. The molecule has 5 nitrogen and oxygen atoms in total. The molecule has 1 N–H and O–H groups in total. The quantitative estimate of drug-likeness (QED) is 0.856. The summed E-state index contributed by atoms with van der Waals surface area (Å²) >= 11 is 1.17. The van der Waals surface area contributed by atoms with Crippen LogP contribution in [0, 0.1) is 0 Å². The first kappa shape index (κ1) is 16.1. The van der Waals surface area contributed by atoms with Crippen molar-refractivity contribution in [3.63, 3.8) is 0 Å². The van der Waals surface area contributed by atoms with E-state index in [2.05, 4.69) is 4.74 Å². The minimum Gasteiger partial charge on any atom is -0.502 e. The monoisotopic (exact) mass is 355 g/mol. The Morgan fingerprint density at radius 2 is 1.71 bits per heavy atom. The Hall–Kier alpha value is -2.81. The highest BCUT2D eigenvalue weighted by molar-refractivity contribution is 7.11. The van der Waals surface area contributed by atoms with Gasteiger partial charge in [-0.05, 0) is 35.7 Å². The molecule has 0 bridgehead atoms. The van der Waals surface area contributed by atoms with Crippen LogP contribution in [0.15, 0.2) is 47.5 Å². The van der Waals surface area contributed by atoms with Gasteiger partial charge >= 0.3 is 12.3 Å². The van der Waals surface area contributed by atoms with E-state index in [0.717, 1.165) is 24.3 Å². The van der Waals surface area contributed by atoms with Crippen LogP contribution in [0.5, 0.6) is 5.75 Å². The number of aliphatic hydroxyl groups is 1. The van der Waals surface area contributed by atoms with Gasteiger partial charge in [0.15, 0.2) is 5.76 Å². The summed E-state index contributed by atoms with van der Waals surface area (Å²) in [5.74, 6) is -2.86. The molecule has 1 aromatic heterocycles. The van der Waals surface area contributed by atoms with Crippen LogP contribution in [0.3, 0.4) is 0 Å². The van der Waals surface area contributed by atoms with E-state index in [-0.39, 0.29) is 11.3 Å². The van der Waals surface area contributed by atoms with Gasteiger partial charge in [0.2, 0.25) is 0 Å². The second-order valence-corrected chi connectivity index (χ2v) is 5.64. The highest BCUT2D eigenvalue weighted by atomic mass is 32.1. The molecular weight excluding hydrogens is 347 g/mol. The van der Waals surface area contributed by atoms with Crippen molar-refractivity contribution in [1.29, 1.82) is 0 Å². The van der Waals surface area contributed by atoms with Crippen LogP contribution >= 0.6 is 11.3 Å². The van der Waals surface area contributed by atoms with Crippen LogP contribution in [-0.4, -0.2) is 23.3 Å². The molecule has 0 radical (unpaired) electrons. The Labute approximate surface area is 137 Å². The molecule has 0 atom stereocenters. The van der Waals surface area contributed by atoms with Gasteiger partial charge in [0.25, 0.3) is 5.91 Å². The molecule has 9 heteroatoms. The summed E-state index contributed by atoms with van der Waals surface area (Å²) in [6, 6.07) is 7.44. The molecule has 2 aromatic rings. The Morgan fingerprint density at radius 3 is 2.25 bits per heavy atom. The molecule has 0 unspecified atom stereocenters. The Kier molecular flexibility index (Phi) is 3.80. The fraction of sp³-hybridized carbons (Fsp3) is 0.0667. The molecule has 1 aromatic carbocycles. The third-order valence-corrected chi connectivity index (χ3v) is 4.04. The highest BCUT2D eigenvalue weighted by Crippen LogP contribution is 2.34. The molecule has 0 saturated carbocycles. The van der Waals surface area contributed by atoms with E-state index in [9.17, 15) is 27.9 Å². The molecule has 0 aliphatic carbocycles. The van der Waals surface area contributed by atoms with Gasteiger partial charge in [-0.3, -0.25) is 9.59 Å². The zero-order valence-electron chi connectivity index (χ0n) is 11.7. The van der Waals surface area contributed by atoms with Crippen molar-refractivity contribution in [2.75, 3.05) is 4.90 Å². The van der Waals surface area contributed by atoms with Crippen molar-refractivity contribution in [2.24, 2.45) is 0 Å². The molecule has 1 aliphatic heterocycles. The van der Waals surface area contributed by atoms with Crippen molar-refractivity contribution < 1.29 is 32.6 Å². The lowest BCUT2D eigenvalue weighted by Gasteiger charge is -2.15. The molecule has 3 rings (SSSR count). The van der Waals surface area contributed by atoms with Gasteiger partial charge < -0.3 is 9.84 Å². The summed E-state index contributed by atoms with van der Waals surface area (Å²) < 4.78 is 40.2. The summed E-state index contributed by atoms with van der Waals surface area (Å²) in [6.45, 7) is 0. The van der Waals surface area contributed by atoms with E-state index in [4.69, 9.17) is 0 Å². The lowest BCUT2D eigenvalue weighted by atomic mass is 10.2. The minimum atomic E-state index is -4.84. The average molecular weight is 355 g/mol. The molecule has 1 aliphatic rings. The number of anilines is 1. The number of halogens is 3. The maximum atomic E-state index is 12.4. The van der Waals surface area contributed by atoms with Crippen molar-refractivity contribution in [3.05, 3.63) is 52.4 Å². The second kappa shape index (κ2) is 5.68. The van der Waals surface area contributed by atoms with E-state index < -0.39 is 29.7 Å². The lowest BCUT2D eigenvalue weighted by molar-refractivity contribution is -0.274. The normalized spacial score (nSPS) is 15.4. The van der Waals surface area contributed by atoms with E-state index in [0.29, 0.717) is 9.78 Å². The second-order valence-electron chi connectivity index (χ2n) is 4.69. The third-order valence-electron chi connectivity index (χ3n) is 3.16. The average Bonchev–Trinajstić information content (AvgIpc) is 3.08. The smallest absolute Gasteiger partial charge is 0.502 e. The number of carbonyl (C=O) groups excluding carboxylic acids is 2. The number of nitrogens with zero attached hydrogens (tertiary/aromatic N) is 1. The number of imide groups is 1. The number of aliphatic hydroxyl groups excluding tert-OH is 1. The largest absolute Gasteiger partial charge is 0.573 e. The summed E-state index contributed by atoms with van der Waals surface area (Å²) in [4.78, 5) is 25.7. The number of thiophene rings is 1. The number of hydrogen-bond acceptors (Lipinski definition) is 5. The van der Waals surface area contributed by atoms with Gasteiger partial charge in [-0.15, -0.1) is 24.5 Å². The lowest BCUT2D eigenvalue weighted by Crippen LogP contribution is -2.31. The maximum Gasteiger partial charge on any atom is 0.573 e. The van der Waals surface area contributed by atoms with Crippen molar-refractivity contribution in [3.8, 4) is 5.75 Å². The van der Waals surface area contributed by atoms with Crippen LogP contribution < -0.4 is 9.64 Å². The van der Waals surface area contributed by atoms with Gasteiger partial charge in [-0.25, -0.2) is 4.90 Å². The molecule has 0 spiro atoms. The van der Waals surface area contributed by atoms with E-state index in [1.54, 1.807) is 17.5 Å². The summed E-state index contributed by atoms with van der Waals surface area (Å²) in [5.41, 5.74) is -0.108. The SMILES string of the molecule is O=C1C(O)=C(c2cccs2)C(=O)N1c1ccc(OC(F)(F)F)cc1. The predicted octanol–water partition coefficient (Wildman–Crippen LogP) is 3.49. The fourth-order valence-corrected chi connectivity index (χ4v) is 2.96. The van der Waals surface area contributed by atoms with Gasteiger partial charge in [-0.1, -0.05) is 6.07 Å². The first-order valence-corrected chi connectivity index (χ1v) is 7.37. The van der Waals surface area contributed by atoms with Crippen molar-refractivity contribution >= 4 is 34.4 Å². The molecule has 124 valence electrons. The Bertz CT molecular complexity index is 825. The zero-order chi connectivity index (χ0) is 17.5. The van der Waals surface area contributed by atoms with Gasteiger partial charge in [0.05, 0.1) is 5.69 Å². The molecule has 2 amide bonds. The molecular formula is C15H8F3NO4S. The van der Waals surface area contributed by atoms with E-state index >= 15 is 0 Å². The van der Waals surface area contributed by atoms with Crippen LogP contribution in [0.2, 0.25) is 0 Å². The predicted molar refractivity (Wildman–Crippen MR) is 79.5 cm³/mol. The number of benzene rings is 1. The fourth-order valence-electron chi connectivity index (χ4n) is 2.19. The Morgan fingerprint density at radius 1 is 1.04 bits per heavy atom. The van der Waals surface area contributed by atoms with E-state index in [1.807, 2.05) is 0 Å². The molecule has 2 heterocycles. The van der Waals surface area contributed by atoms with E-state index in [1.165, 1.54) is 11.3 Å². The maximum absolute atomic E-state index is 12.4. The van der Waals surface area contributed by atoms with Gasteiger partial charge in [0.1, 0.15) is 11.3 Å². The topological polar surface area (TPSA) is 66.8 Å². The Balaban J connectivity index is 1.89. The van der Waals surface area contributed by atoms with Crippen LogP contribution in [0.25, 0.3) is 5.57 Å².